The Balaban J connectivity index is 1.17. The first kappa shape index (κ1) is 72.6. The molecule has 95 heavy (non-hydrogen) atoms. The van der Waals surface area contributed by atoms with Crippen LogP contribution in [0.15, 0.2) is 121 Å². The van der Waals surface area contributed by atoms with Gasteiger partial charge in [0.05, 0.1) is 6.10 Å². The maximum Gasteiger partial charge on any atom is 0.334 e. The molecule has 0 fully saturated rings. The molecule has 31 nitrogen and oxygen atoms in total. The van der Waals surface area contributed by atoms with Gasteiger partial charge in [0.1, 0.15) is 53.7 Å². The number of hydrogen-bond acceptors (Lipinski definition) is 14. The standard InChI is InChI=1S/C64H82N18O13/c1-34(2)26-48(56(88)74-46(20-13-25-69-62(66)68-5)55(87)75-47(54(65)86)29-39-31-70-44-18-11-9-16-42(39)44)79-64(95)82-81-60(92)50(27-37-14-7-6-8-15-37)77-61(93)53(35(3)83)80-59(91)52(33-72-63(67)94)78-58(90)51(30-40-32-71-45-19-12-10-17-43(40)45)76-57(89)49(73-36(4)84)28-38-21-23-41(85)24-22-38/h6-12,14-19,21-24,27,31-32,34-35,46-49,51-53,70-71,83,85H,13,20,25-26,28-30,33H2,1-5H3,(H2,65,86)(H,73,84)(H,74,88)(H,75,87)(H,76,89)(H,77,93)(H,78,90)(H,80,91)(H,81,92)(H3,66,68,69)(H3,67,72,94)(H2,79,82,95)/b50-27+/t35-,46+,47+,48?,49-,51?,52+,53?/m1/s1. The molecule has 4 aromatic carbocycles. The van der Waals surface area contributed by atoms with Crippen molar-refractivity contribution in [1.82, 2.24) is 79.3 Å². The Morgan fingerprint density at radius 1 is 0.579 bits per heavy atom. The number of phenols is 1. The van der Waals surface area contributed by atoms with Crippen LogP contribution in [0.1, 0.15) is 69.2 Å². The number of aromatic nitrogens is 2. The van der Waals surface area contributed by atoms with Crippen LogP contribution in [-0.2, 0) is 62.4 Å². The Bertz CT molecular complexity index is 3740. The third-order valence-corrected chi connectivity index (χ3v) is 14.8. The van der Waals surface area contributed by atoms with Gasteiger partial charge in [-0.2, -0.15) is 0 Å². The van der Waals surface area contributed by atoms with Gasteiger partial charge in [0.25, 0.3) is 5.91 Å². The molecule has 0 aliphatic carbocycles. The smallest absolute Gasteiger partial charge is 0.334 e. The van der Waals surface area contributed by atoms with Crippen molar-refractivity contribution in [3.8, 4) is 5.75 Å². The van der Waals surface area contributed by atoms with E-state index in [0.29, 0.717) is 33.2 Å². The van der Waals surface area contributed by atoms with Crippen molar-refractivity contribution >= 4 is 99.1 Å². The fourth-order valence-electron chi connectivity index (χ4n) is 10.00. The topological polar surface area (TPSA) is 492 Å². The normalized spacial score (nSPS) is 13.7. The summed E-state index contributed by atoms with van der Waals surface area (Å²) >= 11 is 0. The van der Waals surface area contributed by atoms with E-state index in [1.54, 1.807) is 93.0 Å². The zero-order chi connectivity index (χ0) is 69.3. The van der Waals surface area contributed by atoms with Crippen LogP contribution >= 0.6 is 0 Å². The number of aliphatic hydroxyl groups is 1. The zero-order valence-corrected chi connectivity index (χ0v) is 52.9. The third-order valence-electron chi connectivity index (χ3n) is 14.8. The molecule has 3 unspecified atom stereocenters. The maximum absolute atomic E-state index is 14.5. The number of guanidine groups is 1. The highest BCUT2D eigenvalue weighted by Gasteiger charge is 2.35. The number of rotatable bonds is 32. The molecule has 0 aliphatic rings. The Hall–Kier alpha value is -11.5. The van der Waals surface area contributed by atoms with Gasteiger partial charge in [0, 0.05) is 80.5 Å². The molecule has 506 valence electrons. The molecular weight excluding hydrogens is 1230 g/mol. The number of phenolic OH excluding ortho intramolecular Hbond substituents is 1. The first-order chi connectivity index (χ1) is 45.3. The molecule has 2 aromatic heterocycles. The van der Waals surface area contributed by atoms with Gasteiger partial charge in [0.15, 0.2) is 5.96 Å². The average molecular weight is 1310 g/mol. The third kappa shape index (κ3) is 22.7. The molecule has 6 aromatic rings. The lowest BCUT2D eigenvalue weighted by Crippen LogP contribution is -2.62. The van der Waals surface area contributed by atoms with Gasteiger partial charge < -0.3 is 90.1 Å². The van der Waals surface area contributed by atoms with E-state index < -0.39 is 126 Å². The number of H-pyrrole nitrogens is 2. The van der Waals surface area contributed by atoms with Crippen molar-refractivity contribution in [1.29, 1.82) is 5.41 Å². The number of urea groups is 2. The lowest BCUT2D eigenvalue weighted by Gasteiger charge is -2.27. The summed E-state index contributed by atoms with van der Waals surface area (Å²) in [6, 6.07) is 15.7. The summed E-state index contributed by atoms with van der Waals surface area (Å²) in [5, 5.41) is 58.2. The highest BCUT2D eigenvalue weighted by Crippen LogP contribution is 2.22. The summed E-state index contributed by atoms with van der Waals surface area (Å²) in [5.74, 6) is -8.69. The number of nitrogens with two attached hydrogens (primary N) is 2. The maximum atomic E-state index is 14.5. The summed E-state index contributed by atoms with van der Waals surface area (Å²) < 4.78 is 0. The van der Waals surface area contributed by atoms with Crippen LogP contribution in [0, 0.1) is 11.3 Å². The fourth-order valence-corrected chi connectivity index (χ4v) is 10.00. The average Bonchev–Trinajstić information content (AvgIpc) is 1.72. The lowest BCUT2D eigenvalue weighted by atomic mass is 10.0. The van der Waals surface area contributed by atoms with Gasteiger partial charge in [-0.1, -0.05) is 92.7 Å². The van der Waals surface area contributed by atoms with E-state index in [1.165, 1.54) is 32.2 Å². The summed E-state index contributed by atoms with van der Waals surface area (Å²) in [6.07, 6.45) is 2.72. The Morgan fingerprint density at radius 3 is 1.67 bits per heavy atom. The van der Waals surface area contributed by atoms with Crippen LogP contribution < -0.4 is 80.8 Å². The lowest BCUT2D eigenvalue weighted by molar-refractivity contribution is -0.135. The molecule has 31 heteroatoms. The van der Waals surface area contributed by atoms with Gasteiger partial charge in [0.2, 0.25) is 47.3 Å². The summed E-state index contributed by atoms with van der Waals surface area (Å²) in [6.45, 7) is 5.33. The molecule has 0 radical (unpaired) electrons. The predicted octanol–water partition coefficient (Wildman–Crippen LogP) is -0.728. The molecule has 0 spiro atoms. The zero-order valence-electron chi connectivity index (χ0n) is 52.9. The largest absolute Gasteiger partial charge is 0.508 e. The van der Waals surface area contributed by atoms with Crippen LogP contribution in [0.5, 0.6) is 5.75 Å². The summed E-state index contributed by atoms with van der Waals surface area (Å²) in [7, 11) is 1.54. The van der Waals surface area contributed by atoms with E-state index >= 15 is 0 Å². The van der Waals surface area contributed by atoms with Gasteiger partial charge >= 0.3 is 12.1 Å². The fraction of sp³-hybridized carbons (Fsp3) is 0.344. The number of carbonyl (C=O) groups is 11. The van der Waals surface area contributed by atoms with Crippen LogP contribution in [0.2, 0.25) is 0 Å². The number of aromatic hydroxyl groups is 1. The number of hydrazine groups is 1. The Morgan fingerprint density at radius 2 is 1.11 bits per heavy atom. The molecular formula is C64H82N18O13. The number of aromatic amines is 2. The van der Waals surface area contributed by atoms with Crippen LogP contribution in [0.4, 0.5) is 9.59 Å². The van der Waals surface area contributed by atoms with Gasteiger partial charge in [-0.25, -0.2) is 15.0 Å². The van der Waals surface area contributed by atoms with Crippen molar-refractivity contribution in [2.24, 2.45) is 17.4 Å². The van der Waals surface area contributed by atoms with E-state index in [1.807, 2.05) is 24.3 Å². The molecule has 13 amide bonds. The van der Waals surface area contributed by atoms with E-state index in [0.717, 1.165) is 17.8 Å². The quantitative estimate of drug-likeness (QED) is 0.00814. The van der Waals surface area contributed by atoms with Crippen molar-refractivity contribution in [2.45, 2.75) is 115 Å². The van der Waals surface area contributed by atoms with E-state index in [2.05, 4.69) is 79.3 Å². The molecule has 2 heterocycles. The minimum absolute atomic E-state index is 0.00111. The van der Waals surface area contributed by atoms with Gasteiger partial charge in [-0.15, -0.1) is 0 Å². The number of benzene rings is 4. The molecule has 0 saturated carbocycles. The van der Waals surface area contributed by atoms with Crippen molar-refractivity contribution in [3.63, 3.8) is 0 Å². The highest BCUT2D eigenvalue weighted by molar-refractivity contribution is 6.04. The number of primary amides is 2. The van der Waals surface area contributed by atoms with Crippen molar-refractivity contribution in [3.05, 3.63) is 143 Å². The predicted molar refractivity (Wildman–Crippen MR) is 351 cm³/mol. The molecule has 6 rings (SSSR count). The van der Waals surface area contributed by atoms with Crippen molar-refractivity contribution < 1.29 is 63.0 Å². The number of fused-ring (bicyclic) bond motifs is 2. The monoisotopic (exact) mass is 1310 g/mol. The van der Waals surface area contributed by atoms with Crippen LogP contribution in [-0.4, -0.2) is 160 Å². The van der Waals surface area contributed by atoms with E-state index in [9.17, 15) is 63.0 Å². The van der Waals surface area contributed by atoms with Gasteiger partial charge in [-0.3, -0.25) is 54.0 Å². The molecule has 22 N–H and O–H groups in total. The molecule has 0 bridgehead atoms. The van der Waals surface area contributed by atoms with E-state index in [4.69, 9.17) is 16.9 Å². The number of carbonyl (C=O) groups excluding carboxylic acids is 11. The molecule has 0 aliphatic heterocycles. The number of amides is 13. The second-order valence-electron chi connectivity index (χ2n) is 22.8. The Kier molecular flexibility index (Phi) is 27.0. The number of hydrogen-bond donors (Lipinski definition) is 20. The summed E-state index contributed by atoms with van der Waals surface area (Å²) in [4.78, 5) is 157. The van der Waals surface area contributed by atoms with Crippen molar-refractivity contribution in [2.75, 3.05) is 20.1 Å². The van der Waals surface area contributed by atoms with E-state index in [-0.39, 0.29) is 62.7 Å². The highest BCUT2D eigenvalue weighted by atomic mass is 16.3. The number of aliphatic hydroxyl groups excluding tert-OH is 1. The Labute approximate surface area is 546 Å². The number of nitrogens with one attached hydrogen (secondary N) is 16. The second kappa shape index (κ2) is 35.4. The SMILES string of the molecule is CNC(=N)NCCC[C@H](NC(=O)C(CC(C)C)NC(=O)NNC(=O)/C(=C\c1ccccc1)NC(=O)C(NC(=O)[C@H](CNC(N)=O)NC(=O)C(Cc1c[nH]c2ccccc12)NC(=O)[C@@H](Cc1ccc(O)cc1)NC(C)=O)[C@@H](C)O)C(=O)N[C@@H](Cc1c[nH]c2ccccc12)C(N)=O. The van der Waals surface area contributed by atoms with Crippen LogP contribution in [0.25, 0.3) is 27.9 Å². The molecule has 0 saturated heterocycles. The van der Waals surface area contributed by atoms with Crippen LogP contribution in [0.3, 0.4) is 0 Å². The molecule has 8 atom stereocenters. The minimum atomic E-state index is -1.93. The first-order valence-corrected chi connectivity index (χ1v) is 30.4. The first-order valence-electron chi connectivity index (χ1n) is 30.4. The number of para-hydroxylation sites is 2. The minimum Gasteiger partial charge on any atom is -0.508 e. The van der Waals surface area contributed by atoms with Gasteiger partial charge in [-0.05, 0) is 84.7 Å². The summed E-state index contributed by atoms with van der Waals surface area (Å²) in [5.41, 5.74) is 18.5. The second-order valence-corrected chi connectivity index (χ2v) is 22.8.